The van der Waals surface area contributed by atoms with Crippen LogP contribution in [0.3, 0.4) is 0 Å². The van der Waals surface area contributed by atoms with E-state index in [-0.39, 0.29) is 5.82 Å². The molecule has 8 nitrogen and oxygen atoms in total. The molecule has 0 saturated carbocycles. The summed E-state index contributed by atoms with van der Waals surface area (Å²) in [7, 11) is 0. The molecule has 1 aliphatic heterocycles. The number of nitro groups is 1. The maximum absolute atomic E-state index is 11.7. The molecule has 1 saturated heterocycles. The Morgan fingerprint density at radius 3 is 2.52 bits per heavy atom. The average molecular weight is 292 g/mol. The van der Waals surface area contributed by atoms with Crippen LogP contribution in [0.2, 0.25) is 0 Å². The van der Waals surface area contributed by atoms with Gasteiger partial charge in [-0.15, -0.1) is 0 Å². The van der Waals surface area contributed by atoms with Crippen molar-refractivity contribution in [2.45, 2.75) is 6.92 Å². The van der Waals surface area contributed by atoms with Crippen molar-refractivity contribution in [2.24, 2.45) is 0 Å². The predicted octanol–water partition coefficient (Wildman–Crippen LogP) is 1.78. The monoisotopic (exact) mass is 292 g/mol. The van der Waals surface area contributed by atoms with Crippen molar-refractivity contribution in [2.75, 3.05) is 31.1 Å². The number of carbonyl (C=O) groups excluding carboxylic acids is 1. The zero-order valence-electron chi connectivity index (χ0n) is 11.7. The van der Waals surface area contributed by atoms with Crippen LogP contribution in [0.25, 0.3) is 0 Å². The van der Waals surface area contributed by atoms with Crippen LogP contribution in [0, 0.1) is 10.1 Å². The number of carbonyl (C=O) groups is 1. The molecule has 0 spiro atoms. The van der Waals surface area contributed by atoms with Gasteiger partial charge in [0.2, 0.25) is 0 Å². The molecule has 112 valence electrons. The summed E-state index contributed by atoms with van der Waals surface area (Å²) in [5.41, 5.74) is 0.800. The second kappa shape index (κ2) is 6.21. The van der Waals surface area contributed by atoms with Crippen LogP contribution in [-0.4, -0.2) is 47.1 Å². The number of rotatable bonds is 3. The minimum absolute atomic E-state index is 0.178. The Hall–Kier alpha value is -2.64. The quantitative estimate of drug-likeness (QED) is 0.479. The molecule has 0 aromatic carbocycles. The highest BCUT2D eigenvalue weighted by Gasteiger charge is 2.23. The van der Waals surface area contributed by atoms with E-state index in [1.54, 1.807) is 17.9 Å². The topological polar surface area (TPSA) is 88.8 Å². The first kappa shape index (κ1) is 14.8. The van der Waals surface area contributed by atoms with Crippen molar-refractivity contribution in [3.63, 3.8) is 0 Å². The van der Waals surface area contributed by atoms with Crippen molar-refractivity contribution in [3.8, 4) is 0 Å². The van der Waals surface area contributed by atoms with Crippen LogP contribution in [-0.2, 0) is 4.74 Å². The smallest absolute Gasteiger partial charge is 0.414 e. The zero-order valence-corrected chi connectivity index (χ0v) is 11.7. The molecular formula is C13H16N4O4. The summed E-state index contributed by atoms with van der Waals surface area (Å²) in [6, 6.07) is 3.03. The van der Waals surface area contributed by atoms with Crippen LogP contribution in [0.5, 0.6) is 0 Å². The van der Waals surface area contributed by atoms with Crippen molar-refractivity contribution in [1.82, 2.24) is 9.88 Å². The summed E-state index contributed by atoms with van der Waals surface area (Å²) in [6.07, 6.45) is 1.07. The molecule has 0 bridgehead atoms. The summed E-state index contributed by atoms with van der Waals surface area (Å²) in [5.74, 6) is 0.185. The van der Waals surface area contributed by atoms with E-state index in [2.05, 4.69) is 11.6 Å². The number of nitrogens with zero attached hydrogens (tertiary/aromatic N) is 4. The fourth-order valence-electron chi connectivity index (χ4n) is 2.03. The average Bonchev–Trinajstić information content (AvgIpc) is 2.47. The van der Waals surface area contributed by atoms with Gasteiger partial charge in [0.15, 0.2) is 6.20 Å². The van der Waals surface area contributed by atoms with Crippen LogP contribution in [0.4, 0.5) is 16.3 Å². The van der Waals surface area contributed by atoms with E-state index < -0.39 is 11.0 Å². The molecule has 8 heteroatoms. The predicted molar refractivity (Wildman–Crippen MR) is 76.0 cm³/mol. The van der Waals surface area contributed by atoms with Gasteiger partial charge in [0.05, 0.1) is 11.4 Å². The highest BCUT2D eigenvalue weighted by molar-refractivity contribution is 5.69. The second-order valence-corrected chi connectivity index (χ2v) is 4.68. The van der Waals surface area contributed by atoms with Crippen LogP contribution < -0.4 is 4.90 Å². The van der Waals surface area contributed by atoms with Crippen molar-refractivity contribution >= 4 is 17.6 Å². The lowest BCUT2D eigenvalue weighted by molar-refractivity contribution is -0.389. The molecule has 1 aliphatic rings. The third-order valence-electron chi connectivity index (χ3n) is 3.08. The third-order valence-corrected chi connectivity index (χ3v) is 3.08. The molecular weight excluding hydrogens is 276 g/mol. The Kier molecular flexibility index (Phi) is 4.36. The lowest BCUT2D eigenvalue weighted by Crippen LogP contribution is -2.48. The molecule has 1 aromatic heterocycles. The Balaban J connectivity index is 1.93. The van der Waals surface area contributed by atoms with Crippen LogP contribution >= 0.6 is 0 Å². The van der Waals surface area contributed by atoms with Crippen molar-refractivity contribution < 1.29 is 14.5 Å². The molecule has 21 heavy (non-hydrogen) atoms. The number of anilines is 1. The Bertz CT molecular complexity index is 550. The number of allylic oxidation sites excluding steroid dienone is 1. The molecule has 0 N–H and O–H groups in total. The van der Waals surface area contributed by atoms with Gasteiger partial charge in [0.25, 0.3) is 0 Å². The van der Waals surface area contributed by atoms with E-state index in [9.17, 15) is 14.9 Å². The number of ether oxygens (including phenoxy) is 1. The van der Waals surface area contributed by atoms with Gasteiger partial charge in [-0.2, -0.15) is 0 Å². The molecule has 0 unspecified atom stereocenters. The lowest BCUT2D eigenvalue weighted by atomic mass is 10.3. The minimum atomic E-state index is -0.532. The molecule has 2 rings (SSSR count). The first-order chi connectivity index (χ1) is 9.97. The first-order valence-corrected chi connectivity index (χ1v) is 6.45. The van der Waals surface area contributed by atoms with Crippen LogP contribution in [0.1, 0.15) is 6.92 Å². The van der Waals surface area contributed by atoms with E-state index in [1.165, 1.54) is 12.3 Å². The highest BCUT2D eigenvalue weighted by Crippen LogP contribution is 2.18. The summed E-state index contributed by atoms with van der Waals surface area (Å²) in [4.78, 5) is 29.1. The Labute approximate surface area is 121 Å². The van der Waals surface area contributed by atoms with Crippen molar-refractivity contribution in [3.05, 3.63) is 40.8 Å². The second-order valence-electron chi connectivity index (χ2n) is 4.68. The Morgan fingerprint density at radius 2 is 2.05 bits per heavy atom. The number of amides is 1. The third kappa shape index (κ3) is 3.68. The number of aromatic nitrogens is 1. The SMILES string of the molecule is C=C(C)OC(=O)N1CCN(c2ccc([N+](=O)[O-])nc2)CC1. The van der Waals surface area contributed by atoms with Gasteiger partial charge in [-0.25, -0.2) is 4.79 Å². The highest BCUT2D eigenvalue weighted by atomic mass is 16.6. The summed E-state index contributed by atoms with van der Waals surface area (Å²) >= 11 is 0. The first-order valence-electron chi connectivity index (χ1n) is 6.45. The number of hydrogen-bond donors (Lipinski definition) is 0. The van der Waals surface area contributed by atoms with Gasteiger partial charge in [-0.3, -0.25) is 0 Å². The maximum Gasteiger partial charge on any atom is 0.414 e. The molecule has 2 heterocycles. The van der Waals surface area contributed by atoms with Gasteiger partial charge in [-0.05, 0) is 22.9 Å². The van der Waals surface area contributed by atoms with Gasteiger partial charge in [0.1, 0.15) is 0 Å². The van der Waals surface area contributed by atoms with Gasteiger partial charge < -0.3 is 24.7 Å². The number of piperazine rings is 1. The summed E-state index contributed by atoms with van der Waals surface area (Å²) < 4.78 is 4.96. The van der Waals surface area contributed by atoms with E-state index in [0.29, 0.717) is 31.9 Å². The standard InChI is InChI=1S/C13H16N4O4/c1-10(2)21-13(18)16-7-5-15(6-8-16)11-3-4-12(14-9-11)17(19)20/h3-4,9H,1,5-8H2,2H3. The molecule has 0 aliphatic carbocycles. The normalized spacial score (nSPS) is 14.7. The van der Waals surface area contributed by atoms with E-state index >= 15 is 0 Å². The van der Waals surface area contributed by atoms with E-state index in [0.717, 1.165) is 5.69 Å². The Morgan fingerprint density at radius 1 is 1.38 bits per heavy atom. The van der Waals surface area contributed by atoms with Gasteiger partial charge in [-0.1, -0.05) is 6.58 Å². The molecule has 1 aromatic rings. The number of hydrogen-bond acceptors (Lipinski definition) is 6. The summed E-state index contributed by atoms with van der Waals surface area (Å²) in [5, 5.41) is 10.6. The van der Waals surface area contributed by atoms with Crippen LogP contribution in [0.15, 0.2) is 30.7 Å². The maximum atomic E-state index is 11.7. The van der Waals surface area contributed by atoms with E-state index in [1.807, 2.05) is 4.90 Å². The molecule has 0 radical (unpaired) electrons. The fourth-order valence-corrected chi connectivity index (χ4v) is 2.03. The molecule has 1 amide bonds. The largest absolute Gasteiger partial charge is 0.416 e. The van der Waals surface area contributed by atoms with Crippen molar-refractivity contribution in [1.29, 1.82) is 0 Å². The molecule has 1 fully saturated rings. The fraction of sp³-hybridized carbons (Fsp3) is 0.385. The molecule has 0 atom stereocenters. The number of pyridine rings is 1. The van der Waals surface area contributed by atoms with E-state index in [4.69, 9.17) is 4.74 Å². The summed E-state index contributed by atoms with van der Waals surface area (Å²) in [6.45, 7) is 7.42. The zero-order chi connectivity index (χ0) is 15.4. The lowest BCUT2D eigenvalue weighted by Gasteiger charge is -2.34. The van der Waals surface area contributed by atoms with Gasteiger partial charge >= 0.3 is 11.9 Å². The minimum Gasteiger partial charge on any atom is -0.416 e. The van der Waals surface area contributed by atoms with Gasteiger partial charge in [0, 0.05) is 32.2 Å².